The van der Waals surface area contributed by atoms with Crippen LogP contribution in [0, 0.1) is 17.8 Å². The number of fused-ring (bicyclic) bond motifs is 1. The molecule has 250 valence electrons. The fourth-order valence-corrected chi connectivity index (χ4v) is 6.62. The van der Waals surface area contributed by atoms with Crippen molar-refractivity contribution in [2.24, 2.45) is 23.5 Å². The Bertz CT molecular complexity index is 1710. The van der Waals surface area contributed by atoms with Gasteiger partial charge in [0.1, 0.15) is 11.8 Å². The molecule has 5 rings (SSSR count). The van der Waals surface area contributed by atoms with Gasteiger partial charge in [-0.3, -0.25) is 14.4 Å². The number of benzene rings is 4. The molecule has 0 aromatic heterocycles. The zero-order chi connectivity index (χ0) is 34.2. The second kappa shape index (κ2) is 15.7. The summed E-state index contributed by atoms with van der Waals surface area (Å²) in [6.45, 7) is 6.54. The molecule has 0 saturated heterocycles. The molecule has 8 nitrogen and oxygen atoms in total. The number of rotatable bonds is 13. The van der Waals surface area contributed by atoms with Crippen molar-refractivity contribution in [2.45, 2.75) is 52.6 Å². The Kier molecular flexibility index (Phi) is 11.2. The normalized spacial score (nSPS) is 15.8. The standard InChI is InChI=1S/C40H46N4O4/c1-5-12-33(38(41)45)34(23-27(2)3)39(46)42-35-26-43(31-15-7-6-8-16-31)36-17-9-10-18-37(36)44(40(35)47)25-28-13-11-14-30(24-28)29-19-21-32(48-4)22-20-29/h6-11,13-22,24,27,33-35H,5,12,23,25-26H2,1-4H3,(H2,41,45)(H,42,46)/t33-,34+,35?/m0/s1. The molecule has 0 spiro atoms. The first-order chi connectivity index (χ1) is 23.2. The molecule has 48 heavy (non-hydrogen) atoms. The van der Waals surface area contributed by atoms with Crippen molar-refractivity contribution < 1.29 is 19.1 Å². The summed E-state index contributed by atoms with van der Waals surface area (Å²) in [6, 6.07) is 32.8. The molecule has 1 unspecified atom stereocenters. The Hall–Kier alpha value is -5.11. The third-order valence-corrected chi connectivity index (χ3v) is 8.98. The number of carbonyl (C=O) groups excluding carboxylic acids is 3. The van der Waals surface area contributed by atoms with Gasteiger partial charge in [-0.1, -0.05) is 87.9 Å². The third-order valence-electron chi connectivity index (χ3n) is 8.98. The molecule has 4 aromatic carbocycles. The molecule has 0 bridgehead atoms. The van der Waals surface area contributed by atoms with Gasteiger partial charge < -0.3 is 25.6 Å². The molecular weight excluding hydrogens is 600 g/mol. The van der Waals surface area contributed by atoms with Gasteiger partial charge in [-0.05, 0) is 77.9 Å². The number of nitrogens with two attached hydrogens (primary N) is 1. The lowest BCUT2D eigenvalue weighted by molar-refractivity contribution is -0.136. The molecular formula is C40H46N4O4. The zero-order valence-corrected chi connectivity index (χ0v) is 28.3. The summed E-state index contributed by atoms with van der Waals surface area (Å²) in [5, 5.41) is 3.11. The number of para-hydroxylation sites is 3. The zero-order valence-electron chi connectivity index (χ0n) is 28.3. The number of anilines is 3. The van der Waals surface area contributed by atoms with Crippen LogP contribution in [0.1, 0.15) is 45.6 Å². The molecule has 8 heteroatoms. The lowest BCUT2D eigenvalue weighted by Gasteiger charge is -2.30. The molecule has 0 fully saturated rings. The van der Waals surface area contributed by atoms with Crippen LogP contribution >= 0.6 is 0 Å². The number of hydrogen-bond donors (Lipinski definition) is 2. The minimum absolute atomic E-state index is 0.156. The van der Waals surface area contributed by atoms with Crippen molar-refractivity contribution in [2.75, 3.05) is 23.5 Å². The highest BCUT2D eigenvalue weighted by Crippen LogP contribution is 2.38. The third kappa shape index (κ3) is 7.88. The van der Waals surface area contributed by atoms with Crippen LogP contribution in [-0.2, 0) is 20.9 Å². The number of nitrogens with one attached hydrogen (secondary N) is 1. The predicted molar refractivity (Wildman–Crippen MR) is 192 cm³/mol. The van der Waals surface area contributed by atoms with E-state index in [0.29, 0.717) is 19.4 Å². The van der Waals surface area contributed by atoms with Crippen LogP contribution in [-0.4, -0.2) is 37.4 Å². The maximum Gasteiger partial charge on any atom is 0.251 e. The summed E-state index contributed by atoms with van der Waals surface area (Å²) < 4.78 is 5.33. The van der Waals surface area contributed by atoms with Gasteiger partial charge in [0.25, 0.3) is 5.91 Å². The number of ether oxygens (including phenoxy) is 1. The highest BCUT2D eigenvalue weighted by Gasteiger charge is 2.39. The monoisotopic (exact) mass is 646 g/mol. The Labute approximate surface area is 283 Å². The molecule has 1 aliphatic heterocycles. The topological polar surface area (TPSA) is 105 Å². The van der Waals surface area contributed by atoms with E-state index >= 15 is 0 Å². The van der Waals surface area contributed by atoms with Crippen LogP contribution in [0.3, 0.4) is 0 Å². The number of carbonyl (C=O) groups is 3. The van der Waals surface area contributed by atoms with Crippen LogP contribution in [0.4, 0.5) is 17.1 Å². The van der Waals surface area contributed by atoms with Crippen LogP contribution in [0.2, 0.25) is 0 Å². The summed E-state index contributed by atoms with van der Waals surface area (Å²) in [7, 11) is 1.64. The Balaban J connectivity index is 1.54. The molecule has 3 atom stereocenters. The van der Waals surface area contributed by atoms with Crippen LogP contribution in [0.5, 0.6) is 5.75 Å². The number of primary amides is 1. The van der Waals surface area contributed by atoms with E-state index in [-0.39, 0.29) is 24.3 Å². The maximum absolute atomic E-state index is 14.7. The number of hydrogen-bond acceptors (Lipinski definition) is 5. The van der Waals surface area contributed by atoms with E-state index in [1.54, 1.807) is 12.0 Å². The van der Waals surface area contributed by atoms with E-state index in [2.05, 4.69) is 16.3 Å². The first-order valence-electron chi connectivity index (χ1n) is 16.8. The quantitative estimate of drug-likeness (QED) is 0.161. The average molecular weight is 647 g/mol. The fraction of sp³-hybridized carbons (Fsp3) is 0.325. The minimum Gasteiger partial charge on any atom is -0.497 e. The van der Waals surface area contributed by atoms with Crippen molar-refractivity contribution in [1.29, 1.82) is 0 Å². The smallest absolute Gasteiger partial charge is 0.251 e. The van der Waals surface area contributed by atoms with Crippen molar-refractivity contribution >= 4 is 34.8 Å². The van der Waals surface area contributed by atoms with Crippen molar-refractivity contribution in [1.82, 2.24) is 5.32 Å². The highest BCUT2D eigenvalue weighted by molar-refractivity contribution is 6.04. The molecule has 1 heterocycles. The van der Waals surface area contributed by atoms with Gasteiger partial charge in [0, 0.05) is 17.5 Å². The average Bonchev–Trinajstić information content (AvgIpc) is 3.21. The fourth-order valence-electron chi connectivity index (χ4n) is 6.62. The van der Waals surface area contributed by atoms with Crippen molar-refractivity contribution in [3.8, 4) is 16.9 Å². The first kappa shape index (κ1) is 34.2. The SMILES string of the molecule is CCC[C@H](C(N)=O)[C@@H](CC(C)C)C(=O)NC1CN(c2ccccc2)c2ccccc2N(Cc2cccc(-c3ccc(OC)cc3)c2)C1=O. The van der Waals surface area contributed by atoms with E-state index in [1.165, 1.54) is 0 Å². The second-order valence-electron chi connectivity index (χ2n) is 12.9. The van der Waals surface area contributed by atoms with Gasteiger partial charge in [-0.2, -0.15) is 0 Å². The van der Waals surface area contributed by atoms with Gasteiger partial charge >= 0.3 is 0 Å². The Morgan fingerprint density at radius 3 is 2.21 bits per heavy atom. The van der Waals surface area contributed by atoms with Gasteiger partial charge in [0.2, 0.25) is 11.8 Å². The predicted octanol–water partition coefficient (Wildman–Crippen LogP) is 7.10. The van der Waals surface area contributed by atoms with Gasteiger partial charge in [-0.25, -0.2) is 0 Å². The van der Waals surface area contributed by atoms with E-state index in [1.807, 2.05) is 118 Å². The Morgan fingerprint density at radius 2 is 1.56 bits per heavy atom. The van der Waals surface area contributed by atoms with E-state index < -0.39 is 23.8 Å². The van der Waals surface area contributed by atoms with Crippen LogP contribution in [0.25, 0.3) is 11.1 Å². The molecule has 3 N–H and O–H groups in total. The summed E-state index contributed by atoms with van der Waals surface area (Å²) in [5.41, 5.74) is 11.4. The molecule has 4 aromatic rings. The first-order valence-corrected chi connectivity index (χ1v) is 16.8. The van der Waals surface area contributed by atoms with Gasteiger partial charge in [0.05, 0.1) is 31.6 Å². The summed E-state index contributed by atoms with van der Waals surface area (Å²) in [6.07, 6.45) is 1.72. The van der Waals surface area contributed by atoms with E-state index in [4.69, 9.17) is 10.5 Å². The van der Waals surface area contributed by atoms with Gasteiger partial charge in [0.15, 0.2) is 0 Å². The summed E-state index contributed by atoms with van der Waals surface area (Å²) >= 11 is 0. The molecule has 0 saturated carbocycles. The van der Waals surface area contributed by atoms with E-state index in [0.717, 1.165) is 45.9 Å². The number of nitrogens with zero attached hydrogens (tertiary/aromatic N) is 2. The van der Waals surface area contributed by atoms with Crippen molar-refractivity contribution in [3.05, 3.63) is 109 Å². The lowest BCUT2D eigenvalue weighted by Crippen LogP contribution is -2.54. The lowest BCUT2D eigenvalue weighted by atomic mass is 9.81. The van der Waals surface area contributed by atoms with Crippen LogP contribution in [0.15, 0.2) is 103 Å². The Morgan fingerprint density at radius 1 is 0.875 bits per heavy atom. The molecule has 0 aliphatic carbocycles. The summed E-state index contributed by atoms with van der Waals surface area (Å²) in [4.78, 5) is 45.3. The number of amides is 3. The summed E-state index contributed by atoms with van der Waals surface area (Å²) in [5.74, 6) is -1.34. The van der Waals surface area contributed by atoms with Gasteiger partial charge in [-0.15, -0.1) is 0 Å². The van der Waals surface area contributed by atoms with E-state index in [9.17, 15) is 14.4 Å². The second-order valence-corrected chi connectivity index (χ2v) is 12.9. The molecule has 1 aliphatic rings. The highest BCUT2D eigenvalue weighted by atomic mass is 16.5. The maximum atomic E-state index is 14.7. The van der Waals surface area contributed by atoms with Crippen LogP contribution < -0.4 is 25.6 Å². The number of methoxy groups -OCH3 is 1. The largest absolute Gasteiger partial charge is 0.497 e. The molecule has 3 amide bonds. The van der Waals surface area contributed by atoms with Crippen molar-refractivity contribution in [3.63, 3.8) is 0 Å². The minimum atomic E-state index is -0.889. The molecule has 0 radical (unpaired) electrons.